The number of nitrogens with one attached hydrogen (secondary N) is 1. The molecule has 0 spiro atoms. The number of nitrogens with zero attached hydrogens (tertiary/aromatic N) is 3. The number of anilines is 1. The van der Waals surface area contributed by atoms with E-state index in [1.165, 1.54) is 16.8 Å². The highest BCUT2D eigenvalue weighted by Gasteiger charge is 2.46. The number of amides is 1. The van der Waals surface area contributed by atoms with Gasteiger partial charge in [-0.2, -0.15) is 4.98 Å². The molecule has 254 valence electrons. The first-order valence-electron chi connectivity index (χ1n) is 16.2. The van der Waals surface area contributed by atoms with Crippen LogP contribution >= 0.6 is 0 Å². The first-order chi connectivity index (χ1) is 24.3. The Morgan fingerprint density at radius 1 is 0.780 bits per heavy atom. The smallest absolute Gasteiger partial charge is 0.351 e. The monoisotopic (exact) mass is 672 g/mol. The number of aliphatic carboxylic acids is 1. The predicted octanol–water partition coefficient (Wildman–Crippen LogP) is 5.10. The van der Waals surface area contributed by atoms with Gasteiger partial charge in [0.15, 0.2) is 6.23 Å². The van der Waals surface area contributed by atoms with Crippen LogP contribution in [-0.2, 0) is 24.6 Å². The van der Waals surface area contributed by atoms with E-state index in [0.717, 1.165) is 16.7 Å². The van der Waals surface area contributed by atoms with Crippen LogP contribution in [-0.4, -0.2) is 63.2 Å². The molecule has 2 heterocycles. The molecule has 0 saturated carbocycles. The zero-order valence-electron chi connectivity index (χ0n) is 27.1. The minimum absolute atomic E-state index is 0.0869. The molecule has 0 radical (unpaired) electrons. The largest absolute Gasteiger partial charge is 0.481 e. The van der Waals surface area contributed by atoms with Gasteiger partial charge in [0, 0.05) is 24.8 Å². The van der Waals surface area contributed by atoms with Gasteiger partial charge in [0.2, 0.25) is 0 Å². The molecule has 1 aliphatic rings. The van der Waals surface area contributed by atoms with E-state index in [1.54, 1.807) is 30.3 Å². The summed E-state index contributed by atoms with van der Waals surface area (Å²) < 4.78 is 13.3. The number of carboxylic acids is 1. The molecule has 11 heteroatoms. The molecule has 2 atom stereocenters. The first kappa shape index (κ1) is 34.0. The summed E-state index contributed by atoms with van der Waals surface area (Å²) in [7, 11) is 0. The maximum Gasteiger partial charge on any atom is 0.351 e. The maximum absolute atomic E-state index is 13.6. The minimum atomic E-state index is -1.10. The third kappa shape index (κ3) is 7.54. The SMILES string of the molecule is O=C(O)CCC(=O)OC[C@@H]1CN(C(c2ccccc2)(c2ccccc2)c2ccccc2)C[C@H](n2ccc(NC(=O)c3ccccc3)nc2=O)O1. The molecule has 4 aromatic carbocycles. The summed E-state index contributed by atoms with van der Waals surface area (Å²) in [5.74, 6) is -2.08. The number of rotatable bonds is 12. The van der Waals surface area contributed by atoms with Crippen LogP contribution in [0.25, 0.3) is 0 Å². The molecule has 2 N–H and O–H groups in total. The molecule has 6 rings (SSSR count). The molecular weight excluding hydrogens is 636 g/mol. The molecule has 11 nitrogen and oxygen atoms in total. The van der Waals surface area contributed by atoms with Crippen molar-refractivity contribution in [2.45, 2.75) is 30.7 Å². The quantitative estimate of drug-likeness (QED) is 0.137. The summed E-state index contributed by atoms with van der Waals surface area (Å²) in [6.45, 7) is 0.335. The van der Waals surface area contributed by atoms with Crippen molar-refractivity contribution in [2.24, 2.45) is 0 Å². The van der Waals surface area contributed by atoms with Crippen LogP contribution < -0.4 is 11.0 Å². The van der Waals surface area contributed by atoms with E-state index < -0.39 is 41.4 Å². The number of carboxylic acid groups (broad SMARTS) is 1. The van der Waals surface area contributed by atoms with E-state index in [1.807, 2.05) is 54.6 Å². The molecule has 1 fully saturated rings. The number of carbonyl (C=O) groups excluding carboxylic acids is 2. The van der Waals surface area contributed by atoms with Crippen LogP contribution in [0.5, 0.6) is 0 Å². The summed E-state index contributed by atoms with van der Waals surface area (Å²) in [6, 6.07) is 40.2. The summed E-state index contributed by atoms with van der Waals surface area (Å²) in [4.78, 5) is 56.3. The summed E-state index contributed by atoms with van der Waals surface area (Å²) in [6.07, 6.45) is -0.721. The second-order valence-electron chi connectivity index (χ2n) is 11.8. The molecule has 0 aliphatic carbocycles. The van der Waals surface area contributed by atoms with Crippen molar-refractivity contribution in [3.8, 4) is 0 Å². The van der Waals surface area contributed by atoms with E-state index >= 15 is 0 Å². The molecule has 0 unspecified atom stereocenters. The topological polar surface area (TPSA) is 140 Å². The van der Waals surface area contributed by atoms with Gasteiger partial charge in [-0.05, 0) is 34.9 Å². The Morgan fingerprint density at radius 3 is 1.84 bits per heavy atom. The second kappa shape index (κ2) is 15.5. The van der Waals surface area contributed by atoms with Crippen LogP contribution in [0.2, 0.25) is 0 Å². The lowest BCUT2D eigenvalue weighted by Crippen LogP contribution is -2.58. The van der Waals surface area contributed by atoms with Crippen LogP contribution in [0.4, 0.5) is 5.82 Å². The van der Waals surface area contributed by atoms with Crippen molar-refractivity contribution in [2.75, 3.05) is 25.0 Å². The molecule has 1 aromatic heterocycles. The number of hydrogen-bond donors (Lipinski definition) is 2. The normalized spacial score (nSPS) is 16.3. The highest BCUT2D eigenvalue weighted by Crippen LogP contribution is 2.44. The fourth-order valence-electron chi connectivity index (χ4n) is 6.37. The number of esters is 1. The maximum atomic E-state index is 13.6. The standard InChI is InChI=1S/C39H36N4O7/c44-35(45)21-22-36(46)49-27-32-25-42(26-34(50-32)43-24-23-33(41-38(43)48)40-37(47)28-13-5-1-6-14-28)39(29-15-7-2-8-16-29,30-17-9-3-10-18-30)31-19-11-4-12-20-31/h1-20,23-24,32,34H,21-22,25-27H2,(H,44,45)(H,40,41,47,48)/t32-,34+/m0/s1. The predicted molar refractivity (Wildman–Crippen MR) is 185 cm³/mol. The van der Waals surface area contributed by atoms with E-state index in [-0.39, 0.29) is 38.4 Å². The fraction of sp³-hybridized carbons (Fsp3) is 0.205. The number of benzene rings is 4. The zero-order chi connectivity index (χ0) is 34.9. The summed E-state index contributed by atoms with van der Waals surface area (Å²) >= 11 is 0. The number of ether oxygens (including phenoxy) is 2. The lowest BCUT2D eigenvalue weighted by Gasteiger charge is -2.50. The molecule has 1 saturated heterocycles. The number of morpholine rings is 1. The highest BCUT2D eigenvalue weighted by atomic mass is 16.6. The van der Waals surface area contributed by atoms with Gasteiger partial charge in [-0.15, -0.1) is 0 Å². The Labute approximate surface area is 288 Å². The Hall–Kier alpha value is -5.91. The van der Waals surface area contributed by atoms with Gasteiger partial charge >= 0.3 is 17.6 Å². The van der Waals surface area contributed by atoms with Crippen molar-refractivity contribution in [1.29, 1.82) is 0 Å². The van der Waals surface area contributed by atoms with Gasteiger partial charge in [0.1, 0.15) is 18.5 Å². The average molecular weight is 673 g/mol. The Kier molecular flexibility index (Phi) is 10.6. The van der Waals surface area contributed by atoms with Crippen molar-refractivity contribution in [3.05, 3.63) is 166 Å². The first-order valence-corrected chi connectivity index (χ1v) is 16.2. The van der Waals surface area contributed by atoms with Gasteiger partial charge in [0.25, 0.3) is 5.91 Å². The summed E-state index contributed by atoms with van der Waals surface area (Å²) in [5.41, 5.74) is 1.81. The zero-order valence-corrected chi connectivity index (χ0v) is 27.1. The third-order valence-electron chi connectivity index (χ3n) is 8.59. The van der Waals surface area contributed by atoms with E-state index in [9.17, 15) is 19.2 Å². The van der Waals surface area contributed by atoms with Crippen LogP contribution in [0.3, 0.4) is 0 Å². The Balaban J connectivity index is 1.40. The summed E-state index contributed by atoms with van der Waals surface area (Å²) in [5, 5.41) is 11.7. The van der Waals surface area contributed by atoms with Crippen molar-refractivity contribution in [1.82, 2.24) is 14.5 Å². The third-order valence-corrected chi connectivity index (χ3v) is 8.59. The Bertz CT molecular complexity index is 1880. The van der Waals surface area contributed by atoms with Gasteiger partial charge in [-0.3, -0.25) is 23.9 Å². The molecule has 5 aromatic rings. The van der Waals surface area contributed by atoms with E-state index in [4.69, 9.17) is 14.6 Å². The van der Waals surface area contributed by atoms with E-state index in [2.05, 4.69) is 51.6 Å². The van der Waals surface area contributed by atoms with Gasteiger partial charge < -0.3 is 19.9 Å². The van der Waals surface area contributed by atoms with Crippen LogP contribution in [0.1, 0.15) is 46.1 Å². The molecule has 1 amide bonds. The van der Waals surface area contributed by atoms with Crippen molar-refractivity contribution < 1.29 is 29.0 Å². The van der Waals surface area contributed by atoms with Gasteiger partial charge in [-0.25, -0.2) is 4.79 Å². The average Bonchev–Trinajstić information content (AvgIpc) is 3.15. The lowest BCUT2D eigenvalue weighted by atomic mass is 9.75. The minimum Gasteiger partial charge on any atom is -0.481 e. The molecule has 50 heavy (non-hydrogen) atoms. The lowest BCUT2D eigenvalue weighted by molar-refractivity contribution is -0.171. The molecule has 1 aliphatic heterocycles. The molecule has 0 bridgehead atoms. The molecular formula is C39H36N4O7. The van der Waals surface area contributed by atoms with Crippen molar-refractivity contribution in [3.63, 3.8) is 0 Å². The number of carbonyl (C=O) groups is 3. The fourth-order valence-corrected chi connectivity index (χ4v) is 6.37. The second-order valence-corrected chi connectivity index (χ2v) is 11.8. The number of hydrogen-bond acceptors (Lipinski definition) is 8. The highest BCUT2D eigenvalue weighted by molar-refractivity contribution is 6.03. The Morgan fingerprint density at radius 2 is 1.32 bits per heavy atom. The number of aromatic nitrogens is 2. The van der Waals surface area contributed by atoms with Crippen molar-refractivity contribution >= 4 is 23.7 Å². The van der Waals surface area contributed by atoms with Crippen LogP contribution in [0, 0.1) is 0 Å². The van der Waals surface area contributed by atoms with Crippen LogP contribution in [0.15, 0.2) is 138 Å². The van der Waals surface area contributed by atoms with Gasteiger partial charge in [0.05, 0.1) is 18.4 Å². The van der Waals surface area contributed by atoms with Gasteiger partial charge in [-0.1, -0.05) is 109 Å². The van der Waals surface area contributed by atoms with E-state index in [0.29, 0.717) is 5.56 Å².